The Balaban J connectivity index is 1.94. The summed E-state index contributed by atoms with van der Waals surface area (Å²) in [4.78, 5) is 29.1. The molecule has 0 saturated heterocycles. The van der Waals surface area contributed by atoms with E-state index in [9.17, 15) is 14.9 Å². The van der Waals surface area contributed by atoms with Crippen LogP contribution in [0.1, 0.15) is 34.1 Å². The minimum Gasteiger partial charge on any atom is -0.337 e. The first-order valence-corrected chi connectivity index (χ1v) is 7.37. The summed E-state index contributed by atoms with van der Waals surface area (Å²) in [5.41, 5.74) is 3.82. The number of ketones is 1. The van der Waals surface area contributed by atoms with Crippen LogP contribution in [-0.4, -0.2) is 20.7 Å². The molecule has 120 valence electrons. The van der Waals surface area contributed by atoms with Crippen LogP contribution in [0.2, 0.25) is 0 Å². The molecule has 0 radical (unpaired) electrons. The lowest BCUT2D eigenvalue weighted by atomic mass is 10.1. The summed E-state index contributed by atoms with van der Waals surface area (Å²) >= 11 is 0. The van der Waals surface area contributed by atoms with Crippen molar-refractivity contribution in [1.82, 2.24) is 9.97 Å². The van der Waals surface area contributed by atoms with Crippen LogP contribution in [0.25, 0.3) is 23.2 Å². The van der Waals surface area contributed by atoms with Crippen molar-refractivity contribution in [3.05, 3.63) is 69.0 Å². The second kappa shape index (κ2) is 6.08. The molecule has 24 heavy (non-hydrogen) atoms. The predicted molar refractivity (Wildman–Crippen MR) is 92.9 cm³/mol. The van der Waals surface area contributed by atoms with Crippen molar-refractivity contribution in [1.29, 1.82) is 0 Å². The molecular formula is C18H15N3O3. The van der Waals surface area contributed by atoms with E-state index in [-0.39, 0.29) is 11.5 Å². The minimum atomic E-state index is -0.409. The first-order chi connectivity index (χ1) is 11.4. The van der Waals surface area contributed by atoms with E-state index in [0.717, 1.165) is 22.1 Å². The Morgan fingerprint density at radius 3 is 2.75 bits per heavy atom. The van der Waals surface area contributed by atoms with Crippen molar-refractivity contribution in [3.8, 4) is 0 Å². The van der Waals surface area contributed by atoms with Crippen molar-refractivity contribution < 1.29 is 9.72 Å². The number of non-ortho nitro benzene ring substituents is 1. The predicted octanol–water partition coefficient (Wildman–Crippen LogP) is 4.15. The number of hydrogen-bond acceptors (Lipinski definition) is 4. The molecule has 0 spiro atoms. The van der Waals surface area contributed by atoms with Crippen molar-refractivity contribution in [2.45, 2.75) is 13.8 Å². The van der Waals surface area contributed by atoms with Gasteiger partial charge < -0.3 is 4.98 Å². The van der Waals surface area contributed by atoms with Gasteiger partial charge in [-0.25, -0.2) is 4.98 Å². The molecule has 1 N–H and O–H groups in total. The number of benzene rings is 1. The first kappa shape index (κ1) is 15.6. The molecule has 3 aromatic rings. The molecule has 0 atom stereocenters. The number of nitro groups is 1. The number of nitrogens with zero attached hydrogens (tertiary/aromatic N) is 2. The Hall–Kier alpha value is -3.28. The van der Waals surface area contributed by atoms with E-state index in [1.165, 1.54) is 13.0 Å². The van der Waals surface area contributed by atoms with Gasteiger partial charge in [0.15, 0.2) is 5.78 Å². The lowest BCUT2D eigenvalue weighted by molar-refractivity contribution is -0.384. The molecule has 3 rings (SSSR count). The second-order valence-electron chi connectivity index (χ2n) is 5.58. The molecule has 0 saturated carbocycles. The fourth-order valence-electron chi connectivity index (χ4n) is 2.42. The van der Waals surface area contributed by atoms with Gasteiger partial charge in [0.25, 0.3) is 5.69 Å². The molecule has 0 aliphatic heterocycles. The Morgan fingerprint density at radius 2 is 2.04 bits per heavy atom. The van der Waals surface area contributed by atoms with Crippen molar-refractivity contribution >= 4 is 34.7 Å². The Kier molecular flexibility index (Phi) is 3.95. The normalized spacial score (nSPS) is 11.2. The summed E-state index contributed by atoms with van der Waals surface area (Å²) in [6, 6.07) is 8.44. The molecule has 0 bridgehead atoms. The third-order valence-electron chi connectivity index (χ3n) is 3.80. The van der Waals surface area contributed by atoms with Crippen molar-refractivity contribution in [2.24, 2.45) is 0 Å². The maximum Gasteiger partial charge on any atom is 0.270 e. The van der Waals surface area contributed by atoms with Crippen LogP contribution in [0.4, 0.5) is 5.69 Å². The molecule has 0 fully saturated rings. The quantitative estimate of drug-likeness (QED) is 0.444. The highest BCUT2D eigenvalue weighted by Gasteiger charge is 2.08. The highest BCUT2D eigenvalue weighted by Crippen LogP contribution is 2.21. The average molecular weight is 321 g/mol. The number of fused-ring (bicyclic) bond motifs is 1. The maximum atomic E-state index is 11.4. The summed E-state index contributed by atoms with van der Waals surface area (Å²) in [5.74, 6) is -0.0442. The minimum absolute atomic E-state index is 0.0442. The number of Topliss-reactive ketones (excluding diaryl/α,β-unsaturated/α-hetero) is 1. The molecule has 0 amide bonds. The number of nitrogens with one attached hydrogen (secondary N) is 1. The van der Waals surface area contributed by atoms with E-state index in [1.54, 1.807) is 24.4 Å². The SMILES string of the molecule is CC(=O)c1cc2cc(/C=C/c3cc([N+](=O)[O-])ccc3C)cnc2[nH]1. The number of carbonyl (C=O) groups is 1. The Bertz CT molecular complexity index is 986. The highest BCUT2D eigenvalue weighted by molar-refractivity contribution is 5.97. The Morgan fingerprint density at radius 1 is 1.25 bits per heavy atom. The molecule has 0 aliphatic rings. The first-order valence-electron chi connectivity index (χ1n) is 7.37. The van der Waals surface area contributed by atoms with Crippen LogP contribution >= 0.6 is 0 Å². The Labute approximate surface area is 138 Å². The van der Waals surface area contributed by atoms with E-state index in [0.29, 0.717) is 11.3 Å². The van der Waals surface area contributed by atoms with Gasteiger partial charge in [-0.3, -0.25) is 14.9 Å². The third-order valence-corrected chi connectivity index (χ3v) is 3.80. The van der Waals surface area contributed by atoms with Gasteiger partial charge in [-0.15, -0.1) is 0 Å². The van der Waals surface area contributed by atoms with E-state index in [2.05, 4.69) is 9.97 Å². The van der Waals surface area contributed by atoms with Gasteiger partial charge in [-0.05, 0) is 35.7 Å². The number of aryl methyl sites for hydroxylation is 1. The number of pyridine rings is 1. The lowest BCUT2D eigenvalue weighted by Gasteiger charge is -2.00. The maximum absolute atomic E-state index is 11.4. The fourth-order valence-corrected chi connectivity index (χ4v) is 2.42. The zero-order valence-corrected chi connectivity index (χ0v) is 13.2. The van der Waals surface area contributed by atoms with Gasteiger partial charge in [0.05, 0.1) is 10.6 Å². The monoisotopic (exact) mass is 321 g/mol. The standard InChI is InChI=1S/C18H15N3O3/c1-11-3-6-16(21(23)24)8-14(11)5-4-13-7-15-9-17(12(2)22)20-18(15)19-10-13/h3-10H,1-2H3,(H,19,20)/b5-4+. The van der Waals surface area contributed by atoms with E-state index < -0.39 is 4.92 Å². The van der Waals surface area contributed by atoms with Crippen LogP contribution in [0.5, 0.6) is 0 Å². The summed E-state index contributed by atoms with van der Waals surface area (Å²) in [6.07, 6.45) is 5.36. The molecule has 2 heterocycles. The second-order valence-corrected chi connectivity index (χ2v) is 5.58. The topological polar surface area (TPSA) is 88.9 Å². The van der Waals surface area contributed by atoms with Crippen LogP contribution in [-0.2, 0) is 0 Å². The molecule has 0 unspecified atom stereocenters. The number of hydrogen-bond donors (Lipinski definition) is 1. The van der Waals surface area contributed by atoms with Gasteiger partial charge in [0.1, 0.15) is 5.65 Å². The molecule has 6 heteroatoms. The molecule has 0 aliphatic carbocycles. The van der Waals surface area contributed by atoms with E-state index >= 15 is 0 Å². The van der Waals surface area contributed by atoms with Gasteiger partial charge in [0.2, 0.25) is 0 Å². The summed E-state index contributed by atoms with van der Waals surface area (Å²) in [6.45, 7) is 3.40. The molecular weight excluding hydrogens is 306 g/mol. The smallest absolute Gasteiger partial charge is 0.270 e. The third kappa shape index (κ3) is 3.08. The highest BCUT2D eigenvalue weighted by atomic mass is 16.6. The number of H-pyrrole nitrogens is 1. The fraction of sp³-hybridized carbons (Fsp3) is 0.111. The van der Waals surface area contributed by atoms with Crippen molar-refractivity contribution in [3.63, 3.8) is 0 Å². The lowest BCUT2D eigenvalue weighted by Crippen LogP contribution is -1.90. The van der Waals surface area contributed by atoms with Crippen LogP contribution in [0.3, 0.4) is 0 Å². The van der Waals surface area contributed by atoms with Crippen LogP contribution < -0.4 is 0 Å². The average Bonchev–Trinajstić information content (AvgIpc) is 2.97. The molecule has 6 nitrogen and oxygen atoms in total. The van der Waals surface area contributed by atoms with Crippen LogP contribution in [0, 0.1) is 17.0 Å². The zero-order chi connectivity index (χ0) is 17.3. The van der Waals surface area contributed by atoms with Gasteiger partial charge in [-0.2, -0.15) is 0 Å². The molecule has 2 aromatic heterocycles. The summed E-state index contributed by atoms with van der Waals surface area (Å²) < 4.78 is 0. The van der Waals surface area contributed by atoms with Crippen molar-refractivity contribution in [2.75, 3.05) is 0 Å². The number of aromatic nitrogens is 2. The van der Waals surface area contributed by atoms with E-state index in [4.69, 9.17) is 0 Å². The van der Waals surface area contributed by atoms with Gasteiger partial charge >= 0.3 is 0 Å². The number of aromatic amines is 1. The van der Waals surface area contributed by atoms with Crippen LogP contribution in [0.15, 0.2) is 36.5 Å². The zero-order valence-electron chi connectivity index (χ0n) is 13.2. The largest absolute Gasteiger partial charge is 0.337 e. The van der Waals surface area contributed by atoms with Gasteiger partial charge in [0, 0.05) is 30.6 Å². The number of rotatable bonds is 4. The summed E-state index contributed by atoms with van der Waals surface area (Å²) in [5, 5.41) is 11.7. The summed E-state index contributed by atoms with van der Waals surface area (Å²) in [7, 11) is 0. The van der Waals surface area contributed by atoms with Gasteiger partial charge in [-0.1, -0.05) is 18.2 Å². The molecule has 1 aromatic carbocycles. The number of carbonyl (C=O) groups excluding carboxylic acids is 1. The van der Waals surface area contributed by atoms with E-state index in [1.807, 2.05) is 25.1 Å². The number of nitro benzene ring substituents is 1.